The fourth-order valence-corrected chi connectivity index (χ4v) is 3.48. The van der Waals surface area contributed by atoms with Gasteiger partial charge in [0.05, 0.1) is 10.6 Å². The highest BCUT2D eigenvalue weighted by molar-refractivity contribution is 7.91. The van der Waals surface area contributed by atoms with Gasteiger partial charge in [0.25, 0.3) is 0 Å². The standard InChI is InChI=1S/C14H21NO2S/c1-2-9-18(16,17)13-7-5-12(6-8-13)14(15)10-11-3-4-11/h5-8,11,14H,2-4,9-10,15H2,1H3. The van der Waals surface area contributed by atoms with E-state index in [1.54, 1.807) is 12.1 Å². The molecule has 0 bridgehead atoms. The van der Waals surface area contributed by atoms with Gasteiger partial charge in [-0.1, -0.05) is 31.9 Å². The van der Waals surface area contributed by atoms with Gasteiger partial charge in [-0.15, -0.1) is 0 Å². The molecule has 4 heteroatoms. The third-order valence-corrected chi connectivity index (χ3v) is 5.36. The lowest BCUT2D eigenvalue weighted by atomic mass is 10.0. The predicted molar refractivity (Wildman–Crippen MR) is 73.1 cm³/mol. The number of hydrogen-bond donors (Lipinski definition) is 1. The number of rotatable bonds is 6. The summed E-state index contributed by atoms with van der Waals surface area (Å²) in [6, 6.07) is 7.13. The van der Waals surface area contributed by atoms with Crippen molar-refractivity contribution in [2.24, 2.45) is 11.7 Å². The first kappa shape index (κ1) is 13.6. The molecular formula is C14H21NO2S. The van der Waals surface area contributed by atoms with Crippen LogP contribution in [-0.4, -0.2) is 14.2 Å². The fraction of sp³-hybridized carbons (Fsp3) is 0.571. The molecule has 100 valence electrons. The van der Waals surface area contributed by atoms with Crippen LogP contribution in [0, 0.1) is 5.92 Å². The number of benzene rings is 1. The second-order valence-electron chi connectivity index (χ2n) is 5.17. The molecule has 18 heavy (non-hydrogen) atoms. The number of sulfone groups is 1. The van der Waals surface area contributed by atoms with Gasteiger partial charge in [-0.25, -0.2) is 8.42 Å². The van der Waals surface area contributed by atoms with Crippen molar-refractivity contribution in [3.05, 3.63) is 29.8 Å². The van der Waals surface area contributed by atoms with Crippen LogP contribution in [0.2, 0.25) is 0 Å². The molecular weight excluding hydrogens is 246 g/mol. The second-order valence-corrected chi connectivity index (χ2v) is 7.28. The Morgan fingerprint density at radius 1 is 1.28 bits per heavy atom. The normalized spacial score (nSPS) is 17.7. The molecule has 0 aromatic heterocycles. The van der Waals surface area contributed by atoms with Crippen LogP contribution in [0.3, 0.4) is 0 Å². The van der Waals surface area contributed by atoms with Gasteiger partial charge in [0.2, 0.25) is 0 Å². The largest absolute Gasteiger partial charge is 0.324 e. The minimum absolute atomic E-state index is 0.0421. The zero-order valence-electron chi connectivity index (χ0n) is 10.8. The molecule has 0 spiro atoms. The van der Waals surface area contributed by atoms with Crippen LogP contribution in [0.25, 0.3) is 0 Å². The van der Waals surface area contributed by atoms with Crippen molar-refractivity contribution >= 4 is 9.84 Å². The highest BCUT2D eigenvalue weighted by atomic mass is 32.2. The van der Waals surface area contributed by atoms with Crippen molar-refractivity contribution in [3.8, 4) is 0 Å². The molecule has 1 saturated carbocycles. The Balaban J connectivity index is 2.09. The maximum atomic E-state index is 11.9. The van der Waals surface area contributed by atoms with Crippen LogP contribution in [0.15, 0.2) is 29.2 Å². The first-order chi connectivity index (χ1) is 8.53. The minimum Gasteiger partial charge on any atom is -0.324 e. The molecule has 1 aliphatic carbocycles. The van der Waals surface area contributed by atoms with E-state index in [9.17, 15) is 8.42 Å². The fourth-order valence-electron chi connectivity index (χ4n) is 2.16. The average molecular weight is 267 g/mol. The van der Waals surface area contributed by atoms with Crippen molar-refractivity contribution in [1.29, 1.82) is 0 Å². The van der Waals surface area contributed by atoms with E-state index in [4.69, 9.17) is 5.73 Å². The maximum absolute atomic E-state index is 11.9. The molecule has 2 N–H and O–H groups in total. The van der Waals surface area contributed by atoms with Crippen molar-refractivity contribution in [3.63, 3.8) is 0 Å². The van der Waals surface area contributed by atoms with E-state index >= 15 is 0 Å². The Morgan fingerprint density at radius 3 is 2.39 bits per heavy atom. The lowest BCUT2D eigenvalue weighted by molar-refractivity contribution is 0.591. The smallest absolute Gasteiger partial charge is 0.178 e. The summed E-state index contributed by atoms with van der Waals surface area (Å²) >= 11 is 0. The summed E-state index contributed by atoms with van der Waals surface area (Å²) in [5, 5.41) is 0. The first-order valence-corrected chi connectivity index (χ1v) is 8.26. The van der Waals surface area contributed by atoms with Gasteiger partial charge in [-0.05, 0) is 36.5 Å². The van der Waals surface area contributed by atoms with E-state index in [-0.39, 0.29) is 11.8 Å². The van der Waals surface area contributed by atoms with Crippen molar-refractivity contribution < 1.29 is 8.42 Å². The van der Waals surface area contributed by atoms with E-state index in [0.29, 0.717) is 11.3 Å². The van der Waals surface area contributed by atoms with Crippen LogP contribution in [0.5, 0.6) is 0 Å². The summed E-state index contributed by atoms with van der Waals surface area (Å²) in [6.07, 6.45) is 4.24. The van der Waals surface area contributed by atoms with E-state index in [1.807, 2.05) is 19.1 Å². The molecule has 1 unspecified atom stereocenters. The third kappa shape index (κ3) is 3.33. The molecule has 0 radical (unpaired) electrons. The van der Waals surface area contributed by atoms with Crippen LogP contribution < -0.4 is 5.73 Å². The van der Waals surface area contributed by atoms with Crippen molar-refractivity contribution in [1.82, 2.24) is 0 Å². The number of nitrogens with two attached hydrogens (primary N) is 1. The van der Waals surface area contributed by atoms with Gasteiger partial charge < -0.3 is 5.73 Å². The molecule has 3 nitrogen and oxygen atoms in total. The summed E-state index contributed by atoms with van der Waals surface area (Å²) in [6.45, 7) is 1.87. The van der Waals surface area contributed by atoms with Crippen molar-refractivity contribution in [2.45, 2.75) is 43.5 Å². The maximum Gasteiger partial charge on any atom is 0.178 e. The van der Waals surface area contributed by atoms with Gasteiger partial charge in [0.15, 0.2) is 9.84 Å². The Hall–Kier alpha value is -0.870. The van der Waals surface area contributed by atoms with Crippen molar-refractivity contribution in [2.75, 3.05) is 5.75 Å². The minimum atomic E-state index is -3.10. The molecule has 2 rings (SSSR count). The van der Waals surface area contributed by atoms with Crippen LogP contribution >= 0.6 is 0 Å². The Kier molecular flexibility index (Phi) is 4.07. The van der Waals surface area contributed by atoms with E-state index in [2.05, 4.69) is 0 Å². The highest BCUT2D eigenvalue weighted by Gasteiger charge is 2.24. The lowest BCUT2D eigenvalue weighted by Crippen LogP contribution is -2.11. The van der Waals surface area contributed by atoms with Crippen LogP contribution in [0.4, 0.5) is 0 Å². The zero-order chi connectivity index (χ0) is 13.2. The quantitative estimate of drug-likeness (QED) is 0.862. The SMILES string of the molecule is CCCS(=O)(=O)c1ccc(C(N)CC2CC2)cc1. The third-order valence-electron chi connectivity index (χ3n) is 3.42. The Bertz CT molecular complexity index is 489. The molecule has 1 atom stereocenters. The topological polar surface area (TPSA) is 60.2 Å². The molecule has 1 aliphatic rings. The summed E-state index contributed by atoms with van der Waals surface area (Å²) in [4.78, 5) is 0.409. The van der Waals surface area contributed by atoms with Gasteiger partial charge in [-0.2, -0.15) is 0 Å². The zero-order valence-corrected chi connectivity index (χ0v) is 11.6. The molecule has 1 fully saturated rings. The van der Waals surface area contributed by atoms with E-state index in [0.717, 1.165) is 17.9 Å². The highest BCUT2D eigenvalue weighted by Crippen LogP contribution is 2.36. The molecule has 0 saturated heterocycles. The number of hydrogen-bond acceptors (Lipinski definition) is 3. The van der Waals surface area contributed by atoms with E-state index < -0.39 is 9.84 Å². The summed E-state index contributed by atoms with van der Waals surface area (Å²) in [7, 11) is -3.10. The monoisotopic (exact) mass is 267 g/mol. The van der Waals surface area contributed by atoms with Crippen LogP contribution in [-0.2, 0) is 9.84 Å². The molecule has 0 amide bonds. The van der Waals surface area contributed by atoms with E-state index in [1.165, 1.54) is 12.8 Å². The van der Waals surface area contributed by atoms with Crippen LogP contribution in [0.1, 0.15) is 44.2 Å². The average Bonchev–Trinajstić information content (AvgIpc) is 3.13. The predicted octanol–water partition coefficient (Wildman–Crippen LogP) is 2.67. The van der Waals surface area contributed by atoms with Gasteiger partial charge >= 0.3 is 0 Å². The van der Waals surface area contributed by atoms with Gasteiger partial charge in [0.1, 0.15) is 0 Å². The first-order valence-electron chi connectivity index (χ1n) is 6.61. The second kappa shape index (κ2) is 5.41. The lowest BCUT2D eigenvalue weighted by Gasteiger charge is -2.12. The molecule has 0 heterocycles. The Morgan fingerprint density at radius 2 is 1.89 bits per heavy atom. The van der Waals surface area contributed by atoms with Gasteiger partial charge in [0, 0.05) is 6.04 Å². The molecule has 1 aromatic rings. The summed E-state index contributed by atoms with van der Waals surface area (Å²) < 4.78 is 23.7. The van der Waals surface area contributed by atoms with Gasteiger partial charge in [-0.3, -0.25) is 0 Å². The summed E-state index contributed by atoms with van der Waals surface area (Å²) in [5.41, 5.74) is 7.14. The molecule has 0 aliphatic heterocycles. The Labute approximate surface area is 109 Å². The summed E-state index contributed by atoms with van der Waals surface area (Å²) in [5.74, 6) is 0.990. The molecule has 1 aromatic carbocycles.